The van der Waals surface area contributed by atoms with Crippen molar-refractivity contribution in [3.63, 3.8) is 0 Å². The first-order valence-electron chi connectivity index (χ1n) is 8.73. The first-order chi connectivity index (χ1) is 13.3. The van der Waals surface area contributed by atoms with Crippen molar-refractivity contribution in [1.29, 1.82) is 0 Å². The van der Waals surface area contributed by atoms with Crippen LogP contribution in [0.2, 0.25) is 0 Å². The molecule has 6 N–H and O–H groups in total. The number of aliphatic carboxylic acids is 1. The fourth-order valence-electron chi connectivity index (χ4n) is 3.87. The molecule has 3 aliphatic rings. The van der Waals surface area contributed by atoms with Gasteiger partial charge in [0.2, 0.25) is 6.29 Å². The number of ether oxygens (including phenoxy) is 4. The zero-order chi connectivity index (χ0) is 20.6. The molecule has 9 atom stereocenters. The summed E-state index contributed by atoms with van der Waals surface area (Å²) in [6.45, 7) is -1.02. The monoisotopic (exact) mass is 404 g/mol. The number of hydrogen-bond acceptors (Lipinski definition) is 10. The Balaban J connectivity index is 1.86. The first-order valence-corrected chi connectivity index (χ1v) is 8.73. The fraction of sp³-hybridized carbons (Fsp3) is 0.706. The van der Waals surface area contributed by atoms with Gasteiger partial charge in [0.05, 0.1) is 37.1 Å². The average molecular weight is 404 g/mol. The predicted molar refractivity (Wildman–Crippen MR) is 88.4 cm³/mol. The lowest BCUT2D eigenvalue weighted by atomic mass is 9.82. The number of carbonyl (C=O) groups is 1. The lowest BCUT2D eigenvalue weighted by Gasteiger charge is -2.43. The Morgan fingerprint density at radius 3 is 2.39 bits per heavy atom. The van der Waals surface area contributed by atoms with E-state index in [1.807, 2.05) is 0 Å². The van der Waals surface area contributed by atoms with Gasteiger partial charge in [-0.25, -0.2) is 4.79 Å². The van der Waals surface area contributed by atoms with Gasteiger partial charge in [-0.15, -0.1) is 0 Å². The van der Waals surface area contributed by atoms with E-state index in [1.54, 1.807) is 6.08 Å². The largest absolute Gasteiger partial charge is 0.478 e. The van der Waals surface area contributed by atoms with E-state index in [0.29, 0.717) is 5.57 Å². The van der Waals surface area contributed by atoms with E-state index in [1.165, 1.54) is 7.11 Å². The summed E-state index contributed by atoms with van der Waals surface area (Å²) in [6.07, 6.45) is -6.68. The summed E-state index contributed by atoms with van der Waals surface area (Å²) >= 11 is 0. The molecule has 0 aromatic carbocycles. The van der Waals surface area contributed by atoms with E-state index in [2.05, 4.69) is 0 Å². The Bertz CT molecular complexity index is 645. The lowest BCUT2D eigenvalue weighted by molar-refractivity contribution is -0.340. The molecule has 1 saturated heterocycles. The van der Waals surface area contributed by atoms with Crippen LogP contribution in [-0.4, -0.2) is 100 Å². The lowest BCUT2D eigenvalue weighted by Crippen LogP contribution is -2.60. The maximum absolute atomic E-state index is 11.6. The summed E-state index contributed by atoms with van der Waals surface area (Å²) in [4.78, 5) is 11.6. The molecule has 11 nitrogen and oxygen atoms in total. The second kappa shape index (κ2) is 8.43. The van der Waals surface area contributed by atoms with E-state index in [-0.39, 0.29) is 5.57 Å². The van der Waals surface area contributed by atoms with Crippen molar-refractivity contribution in [3.8, 4) is 0 Å². The quantitative estimate of drug-likeness (QED) is 0.254. The third-order valence-electron chi connectivity index (χ3n) is 5.35. The number of carboxylic acid groups (broad SMARTS) is 1. The van der Waals surface area contributed by atoms with Crippen LogP contribution in [0.15, 0.2) is 23.5 Å². The molecule has 2 heterocycles. The molecule has 0 spiro atoms. The molecule has 1 fully saturated rings. The Morgan fingerprint density at radius 2 is 1.82 bits per heavy atom. The van der Waals surface area contributed by atoms with Crippen LogP contribution in [0, 0.1) is 11.8 Å². The highest BCUT2D eigenvalue weighted by Crippen LogP contribution is 2.45. The highest BCUT2D eigenvalue weighted by atomic mass is 16.8. The Morgan fingerprint density at radius 1 is 1.11 bits per heavy atom. The molecule has 0 aromatic rings. The summed E-state index contributed by atoms with van der Waals surface area (Å²) in [5, 5.41) is 58.3. The molecule has 0 unspecified atom stereocenters. The van der Waals surface area contributed by atoms with Gasteiger partial charge in [-0.05, 0) is 5.57 Å². The van der Waals surface area contributed by atoms with Gasteiger partial charge in [0.25, 0.3) is 0 Å². The van der Waals surface area contributed by atoms with Gasteiger partial charge in [0.15, 0.2) is 6.29 Å². The number of aliphatic hydroxyl groups is 5. The SMILES string of the molecule is CO[C@H]1C=C(CO)[C@H]2[C@H](O[C@@H]3O[C@H](CO)[C@@H](O)[C@H](O)[C@H]3O)OC=C(C(=O)O)[C@H]21. The summed E-state index contributed by atoms with van der Waals surface area (Å²) in [5.41, 5.74) is 0.364. The molecule has 3 rings (SSSR count). The summed E-state index contributed by atoms with van der Waals surface area (Å²) in [7, 11) is 1.40. The van der Waals surface area contributed by atoms with Crippen LogP contribution < -0.4 is 0 Å². The molecule has 2 aliphatic heterocycles. The molecular formula is C17H24O11. The number of methoxy groups -OCH3 is 1. The molecule has 0 radical (unpaired) electrons. The van der Waals surface area contributed by atoms with E-state index in [4.69, 9.17) is 18.9 Å². The van der Waals surface area contributed by atoms with Gasteiger partial charge in [0.1, 0.15) is 24.4 Å². The number of hydrogen-bond donors (Lipinski definition) is 6. The van der Waals surface area contributed by atoms with E-state index in [0.717, 1.165) is 6.26 Å². The maximum Gasteiger partial charge on any atom is 0.335 e. The van der Waals surface area contributed by atoms with Crippen molar-refractivity contribution in [1.82, 2.24) is 0 Å². The van der Waals surface area contributed by atoms with Crippen molar-refractivity contribution >= 4 is 5.97 Å². The normalized spacial score (nSPS) is 43.0. The van der Waals surface area contributed by atoms with E-state index >= 15 is 0 Å². The second-order valence-corrected chi connectivity index (χ2v) is 6.87. The van der Waals surface area contributed by atoms with Gasteiger partial charge >= 0.3 is 5.97 Å². The first kappa shape index (κ1) is 21.1. The number of fused-ring (bicyclic) bond motifs is 1. The van der Waals surface area contributed by atoms with Gasteiger partial charge in [-0.1, -0.05) is 6.08 Å². The number of carboxylic acids is 1. The van der Waals surface area contributed by atoms with Crippen LogP contribution in [0.4, 0.5) is 0 Å². The second-order valence-electron chi connectivity index (χ2n) is 6.87. The number of rotatable bonds is 6. The van der Waals surface area contributed by atoms with Crippen LogP contribution in [0.25, 0.3) is 0 Å². The Labute approximate surface area is 160 Å². The minimum absolute atomic E-state index is 0.0646. The van der Waals surface area contributed by atoms with Crippen LogP contribution >= 0.6 is 0 Å². The van der Waals surface area contributed by atoms with Gasteiger partial charge in [-0.3, -0.25) is 0 Å². The van der Waals surface area contributed by atoms with E-state index < -0.39 is 74.1 Å². The zero-order valence-electron chi connectivity index (χ0n) is 15.0. The highest BCUT2D eigenvalue weighted by Gasteiger charge is 2.52. The molecule has 11 heteroatoms. The molecular weight excluding hydrogens is 380 g/mol. The minimum atomic E-state index is -1.65. The van der Waals surface area contributed by atoms with Crippen molar-refractivity contribution < 1.29 is 54.4 Å². The zero-order valence-corrected chi connectivity index (χ0v) is 15.0. The van der Waals surface area contributed by atoms with Crippen molar-refractivity contribution in [2.45, 2.75) is 43.1 Å². The van der Waals surface area contributed by atoms with Crippen molar-refractivity contribution in [2.75, 3.05) is 20.3 Å². The van der Waals surface area contributed by atoms with Gasteiger partial charge in [0, 0.05) is 13.0 Å². The van der Waals surface area contributed by atoms with Crippen LogP contribution in [0.5, 0.6) is 0 Å². The minimum Gasteiger partial charge on any atom is -0.478 e. The van der Waals surface area contributed by atoms with Gasteiger partial charge < -0.3 is 49.6 Å². The highest BCUT2D eigenvalue weighted by molar-refractivity contribution is 5.87. The number of aliphatic hydroxyl groups excluding tert-OH is 5. The Kier molecular flexibility index (Phi) is 6.37. The van der Waals surface area contributed by atoms with Crippen LogP contribution in [-0.2, 0) is 23.7 Å². The van der Waals surface area contributed by atoms with Crippen LogP contribution in [0.3, 0.4) is 0 Å². The molecule has 1 aliphatic carbocycles. The van der Waals surface area contributed by atoms with Gasteiger partial charge in [-0.2, -0.15) is 0 Å². The molecule has 158 valence electrons. The van der Waals surface area contributed by atoms with Crippen LogP contribution in [0.1, 0.15) is 0 Å². The summed E-state index contributed by atoms with van der Waals surface area (Å²) in [5.74, 6) is -2.68. The smallest absolute Gasteiger partial charge is 0.335 e. The third-order valence-corrected chi connectivity index (χ3v) is 5.35. The maximum atomic E-state index is 11.6. The Hall–Kier alpha value is -1.57. The molecule has 0 saturated carbocycles. The molecule has 0 amide bonds. The van der Waals surface area contributed by atoms with Crippen molar-refractivity contribution in [2.24, 2.45) is 11.8 Å². The fourth-order valence-corrected chi connectivity index (χ4v) is 3.87. The standard InChI is InChI=1S/C17H24O11/c1-25-8-2-6(3-18)10-11(8)7(15(23)24)5-26-16(10)28-17-14(22)13(21)12(20)9(4-19)27-17/h2,5,8-14,16-22H,3-4H2,1H3,(H,23,24)/t8-,9+,10+,11-,12+,13-,14+,16-,17-/m0/s1. The molecule has 0 bridgehead atoms. The summed E-state index contributed by atoms with van der Waals surface area (Å²) in [6, 6.07) is 0. The topological polar surface area (TPSA) is 175 Å². The average Bonchev–Trinajstić information content (AvgIpc) is 3.07. The summed E-state index contributed by atoms with van der Waals surface area (Å²) < 4.78 is 21.7. The predicted octanol–water partition coefficient (Wildman–Crippen LogP) is -2.69. The molecule has 28 heavy (non-hydrogen) atoms. The van der Waals surface area contributed by atoms with E-state index in [9.17, 15) is 35.4 Å². The van der Waals surface area contributed by atoms with Crippen molar-refractivity contribution in [3.05, 3.63) is 23.5 Å². The molecule has 0 aromatic heterocycles. The third kappa shape index (κ3) is 3.55.